The van der Waals surface area contributed by atoms with Crippen molar-refractivity contribution < 1.29 is 19.1 Å². The molecule has 0 spiro atoms. The van der Waals surface area contributed by atoms with Gasteiger partial charge in [-0.1, -0.05) is 12.1 Å². The van der Waals surface area contributed by atoms with E-state index in [1.807, 2.05) is 38.4 Å². The number of likely N-dealkylation sites (tertiary alicyclic amines) is 1. The molecule has 0 bridgehead atoms. The molecule has 138 valence electrons. The van der Waals surface area contributed by atoms with E-state index in [4.69, 9.17) is 9.47 Å². The average molecular weight is 349 g/mol. The highest BCUT2D eigenvalue weighted by Crippen LogP contribution is 2.31. The van der Waals surface area contributed by atoms with Crippen LogP contribution in [0.2, 0.25) is 0 Å². The smallest absolute Gasteiger partial charge is 0.325 e. The fourth-order valence-electron chi connectivity index (χ4n) is 3.13. The Morgan fingerprint density at radius 3 is 2.48 bits per heavy atom. The van der Waals surface area contributed by atoms with Gasteiger partial charge in [-0.05, 0) is 38.7 Å². The summed E-state index contributed by atoms with van der Waals surface area (Å²) in [5, 5.41) is 2.63. The largest absolute Gasteiger partial charge is 0.497 e. The highest BCUT2D eigenvalue weighted by atomic mass is 16.5. The third-order valence-electron chi connectivity index (χ3n) is 4.47. The van der Waals surface area contributed by atoms with Gasteiger partial charge in [0.15, 0.2) is 0 Å². The SMILES string of the molecule is CCOC(=O)CNC(=O)N1C[C@@H](N(C)C)[C@H](c2ccc(OC)cc2)C1. The summed E-state index contributed by atoms with van der Waals surface area (Å²) in [5.74, 6) is 0.590. The molecule has 0 radical (unpaired) electrons. The summed E-state index contributed by atoms with van der Waals surface area (Å²) in [4.78, 5) is 27.7. The van der Waals surface area contributed by atoms with Gasteiger partial charge in [0.1, 0.15) is 12.3 Å². The number of benzene rings is 1. The van der Waals surface area contributed by atoms with Crippen LogP contribution in [0.4, 0.5) is 4.79 Å². The minimum Gasteiger partial charge on any atom is -0.497 e. The molecule has 25 heavy (non-hydrogen) atoms. The van der Waals surface area contributed by atoms with Crippen molar-refractivity contribution in [3.8, 4) is 5.75 Å². The maximum absolute atomic E-state index is 12.4. The second-order valence-electron chi connectivity index (χ2n) is 6.28. The van der Waals surface area contributed by atoms with E-state index in [0.717, 1.165) is 5.75 Å². The van der Waals surface area contributed by atoms with Crippen LogP contribution in [0.25, 0.3) is 0 Å². The van der Waals surface area contributed by atoms with Gasteiger partial charge in [0.25, 0.3) is 0 Å². The van der Waals surface area contributed by atoms with Gasteiger partial charge in [-0.15, -0.1) is 0 Å². The van der Waals surface area contributed by atoms with Crippen molar-refractivity contribution in [3.05, 3.63) is 29.8 Å². The highest BCUT2D eigenvalue weighted by molar-refractivity contribution is 5.81. The Balaban J connectivity index is 2.03. The molecule has 1 aromatic carbocycles. The Kier molecular flexibility index (Phi) is 6.64. The summed E-state index contributed by atoms with van der Waals surface area (Å²) in [5.41, 5.74) is 1.17. The van der Waals surface area contributed by atoms with Crippen LogP contribution in [0, 0.1) is 0 Å². The zero-order valence-electron chi connectivity index (χ0n) is 15.3. The van der Waals surface area contributed by atoms with Gasteiger partial charge in [-0.25, -0.2) is 4.79 Å². The van der Waals surface area contributed by atoms with Crippen molar-refractivity contribution in [2.75, 3.05) is 47.4 Å². The van der Waals surface area contributed by atoms with Gasteiger partial charge < -0.3 is 24.6 Å². The summed E-state index contributed by atoms with van der Waals surface area (Å²) in [6.45, 7) is 3.15. The van der Waals surface area contributed by atoms with Crippen LogP contribution in [0.5, 0.6) is 5.75 Å². The molecule has 7 nitrogen and oxygen atoms in total. The van der Waals surface area contributed by atoms with Crippen LogP contribution in [0.3, 0.4) is 0 Å². The van der Waals surface area contributed by atoms with E-state index in [2.05, 4.69) is 10.2 Å². The first kappa shape index (κ1) is 19.1. The molecule has 1 aliphatic heterocycles. The maximum atomic E-state index is 12.4. The summed E-state index contributed by atoms with van der Waals surface area (Å²) < 4.78 is 10.0. The Labute approximate surface area is 148 Å². The molecule has 0 aromatic heterocycles. The predicted molar refractivity (Wildman–Crippen MR) is 94.8 cm³/mol. The molecule has 1 saturated heterocycles. The number of nitrogens with zero attached hydrogens (tertiary/aromatic N) is 2. The lowest BCUT2D eigenvalue weighted by Crippen LogP contribution is -2.42. The highest BCUT2D eigenvalue weighted by Gasteiger charge is 2.37. The molecule has 1 heterocycles. The fourth-order valence-corrected chi connectivity index (χ4v) is 3.13. The summed E-state index contributed by atoms with van der Waals surface area (Å²) >= 11 is 0. The van der Waals surface area contributed by atoms with E-state index in [-0.39, 0.29) is 24.5 Å². The molecule has 2 atom stereocenters. The molecule has 1 aliphatic rings. The van der Waals surface area contributed by atoms with Crippen LogP contribution < -0.4 is 10.1 Å². The molecule has 0 saturated carbocycles. The Morgan fingerprint density at radius 2 is 1.92 bits per heavy atom. The number of amides is 2. The lowest BCUT2D eigenvalue weighted by molar-refractivity contribution is -0.141. The Bertz CT molecular complexity index is 588. The van der Waals surface area contributed by atoms with Gasteiger partial charge in [-0.2, -0.15) is 0 Å². The monoisotopic (exact) mass is 349 g/mol. The van der Waals surface area contributed by atoms with Gasteiger partial charge in [0, 0.05) is 25.0 Å². The van der Waals surface area contributed by atoms with Crippen LogP contribution in [-0.4, -0.2) is 75.3 Å². The molecule has 7 heteroatoms. The van der Waals surface area contributed by atoms with Crippen molar-refractivity contribution in [2.24, 2.45) is 0 Å². The zero-order chi connectivity index (χ0) is 18.4. The quantitative estimate of drug-likeness (QED) is 0.784. The second-order valence-corrected chi connectivity index (χ2v) is 6.28. The van der Waals surface area contributed by atoms with E-state index in [9.17, 15) is 9.59 Å². The first-order chi connectivity index (χ1) is 12.0. The number of carbonyl (C=O) groups is 2. The molecule has 2 rings (SSSR count). The number of esters is 1. The minimum atomic E-state index is -0.425. The number of hydrogen-bond acceptors (Lipinski definition) is 5. The number of carbonyl (C=O) groups excluding carboxylic acids is 2. The minimum absolute atomic E-state index is 0.108. The Hall–Kier alpha value is -2.28. The normalized spacial score (nSPS) is 19.8. The first-order valence-electron chi connectivity index (χ1n) is 8.45. The summed E-state index contributed by atoms with van der Waals surface area (Å²) in [6.07, 6.45) is 0. The second kappa shape index (κ2) is 8.71. The van der Waals surface area contributed by atoms with E-state index in [1.165, 1.54) is 5.56 Å². The molecular weight excluding hydrogens is 322 g/mol. The molecule has 1 aromatic rings. The molecule has 2 amide bonds. The van der Waals surface area contributed by atoms with Crippen molar-refractivity contribution in [3.63, 3.8) is 0 Å². The number of likely N-dealkylation sites (N-methyl/N-ethyl adjacent to an activating group) is 1. The van der Waals surface area contributed by atoms with E-state index in [0.29, 0.717) is 19.7 Å². The fraction of sp³-hybridized carbons (Fsp3) is 0.556. The number of urea groups is 1. The third-order valence-corrected chi connectivity index (χ3v) is 4.47. The predicted octanol–water partition coefficient (Wildman–Crippen LogP) is 1.30. The number of nitrogens with one attached hydrogen (secondary N) is 1. The Morgan fingerprint density at radius 1 is 1.24 bits per heavy atom. The summed E-state index contributed by atoms with van der Waals surface area (Å²) in [7, 11) is 5.67. The number of rotatable bonds is 6. The zero-order valence-corrected chi connectivity index (χ0v) is 15.3. The molecular formula is C18H27N3O4. The van der Waals surface area contributed by atoms with Crippen LogP contribution in [-0.2, 0) is 9.53 Å². The van der Waals surface area contributed by atoms with E-state index in [1.54, 1.807) is 18.9 Å². The number of ether oxygens (including phenoxy) is 2. The van der Waals surface area contributed by atoms with Crippen molar-refractivity contribution in [2.45, 2.75) is 18.9 Å². The average Bonchev–Trinajstić information content (AvgIpc) is 3.06. The van der Waals surface area contributed by atoms with Crippen molar-refractivity contribution in [1.82, 2.24) is 15.1 Å². The van der Waals surface area contributed by atoms with Gasteiger partial charge >= 0.3 is 12.0 Å². The van der Waals surface area contributed by atoms with Gasteiger partial charge in [0.2, 0.25) is 0 Å². The number of hydrogen-bond donors (Lipinski definition) is 1. The third kappa shape index (κ3) is 4.85. The molecule has 1 N–H and O–H groups in total. The number of methoxy groups -OCH3 is 1. The van der Waals surface area contributed by atoms with Crippen LogP contribution >= 0.6 is 0 Å². The molecule has 0 unspecified atom stereocenters. The van der Waals surface area contributed by atoms with Crippen LogP contribution in [0.15, 0.2) is 24.3 Å². The maximum Gasteiger partial charge on any atom is 0.325 e. The van der Waals surface area contributed by atoms with Crippen LogP contribution in [0.1, 0.15) is 18.4 Å². The van der Waals surface area contributed by atoms with E-state index >= 15 is 0 Å². The van der Waals surface area contributed by atoms with Gasteiger partial charge in [0.05, 0.1) is 13.7 Å². The lowest BCUT2D eigenvalue weighted by Gasteiger charge is -2.25. The van der Waals surface area contributed by atoms with E-state index < -0.39 is 5.97 Å². The summed E-state index contributed by atoms with van der Waals surface area (Å²) in [6, 6.07) is 7.93. The van der Waals surface area contributed by atoms with Gasteiger partial charge in [-0.3, -0.25) is 4.79 Å². The van der Waals surface area contributed by atoms with Crippen molar-refractivity contribution in [1.29, 1.82) is 0 Å². The lowest BCUT2D eigenvalue weighted by atomic mass is 9.93. The first-order valence-corrected chi connectivity index (χ1v) is 8.45. The molecule has 1 fully saturated rings. The molecule has 0 aliphatic carbocycles. The van der Waals surface area contributed by atoms with Crippen molar-refractivity contribution >= 4 is 12.0 Å². The standard InChI is InChI=1S/C18H27N3O4/c1-5-25-17(22)10-19-18(23)21-11-15(16(12-21)20(2)3)13-6-8-14(24-4)9-7-13/h6-9,15-16H,5,10-12H2,1-4H3,(H,19,23)/t15-,16+/m0/s1. The topological polar surface area (TPSA) is 71.1 Å².